The highest BCUT2D eigenvalue weighted by Gasteiger charge is 2.33. The predicted octanol–water partition coefficient (Wildman–Crippen LogP) is 4.15. The summed E-state index contributed by atoms with van der Waals surface area (Å²) < 4.78 is 5.54. The van der Waals surface area contributed by atoms with Crippen molar-refractivity contribution in [2.45, 2.75) is 44.6 Å². The molecule has 1 aliphatic carbocycles. The van der Waals surface area contributed by atoms with E-state index in [0.717, 1.165) is 44.2 Å². The first-order chi connectivity index (χ1) is 12.3. The molecule has 130 valence electrons. The molecular formula is C20H23N3O2. The van der Waals surface area contributed by atoms with Crippen molar-refractivity contribution in [2.75, 3.05) is 6.54 Å². The molecule has 5 nitrogen and oxygen atoms in total. The largest absolute Gasteiger partial charge is 0.337 e. The van der Waals surface area contributed by atoms with Gasteiger partial charge in [0.05, 0.1) is 0 Å². The summed E-state index contributed by atoms with van der Waals surface area (Å²) >= 11 is 0. The molecule has 25 heavy (non-hydrogen) atoms. The predicted molar refractivity (Wildman–Crippen MR) is 94.5 cm³/mol. The van der Waals surface area contributed by atoms with Gasteiger partial charge in [0.2, 0.25) is 17.6 Å². The topological polar surface area (TPSA) is 59.2 Å². The Bertz CT molecular complexity index is 753. The van der Waals surface area contributed by atoms with Crippen molar-refractivity contribution in [3.05, 3.63) is 48.4 Å². The molecule has 0 N–H and O–H groups in total. The van der Waals surface area contributed by atoms with E-state index in [9.17, 15) is 4.79 Å². The van der Waals surface area contributed by atoms with Gasteiger partial charge < -0.3 is 9.42 Å². The molecule has 1 amide bonds. The van der Waals surface area contributed by atoms with Gasteiger partial charge in [0.25, 0.3) is 0 Å². The van der Waals surface area contributed by atoms with Crippen LogP contribution in [0.5, 0.6) is 0 Å². The van der Waals surface area contributed by atoms with Crippen LogP contribution >= 0.6 is 0 Å². The van der Waals surface area contributed by atoms with Gasteiger partial charge in [-0.1, -0.05) is 47.6 Å². The van der Waals surface area contributed by atoms with Crippen LogP contribution in [0.3, 0.4) is 0 Å². The van der Waals surface area contributed by atoms with E-state index in [1.807, 2.05) is 35.2 Å². The second kappa shape index (κ2) is 7.21. The lowest BCUT2D eigenvalue weighted by Crippen LogP contribution is -2.39. The van der Waals surface area contributed by atoms with Crippen molar-refractivity contribution < 1.29 is 9.32 Å². The van der Waals surface area contributed by atoms with E-state index in [0.29, 0.717) is 24.1 Å². The summed E-state index contributed by atoms with van der Waals surface area (Å²) in [5.41, 5.74) is 0.933. The Labute approximate surface area is 147 Å². The van der Waals surface area contributed by atoms with Crippen molar-refractivity contribution in [3.8, 4) is 11.4 Å². The first-order valence-corrected chi connectivity index (χ1v) is 9.16. The van der Waals surface area contributed by atoms with Gasteiger partial charge in [0.15, 0.2) is 0 Å². The number of carbonyl (C=O) groups is 1. The average molecular weight is 337 g/mol. The molecule has 2 atom stereocenters. The molecule has 2 heterocycles. The summed E-state index contributed by atoms with van der Waals surface area (Å²) in [5, 5.41) is 4.12. The monoisotopic (exact) mass is 337 g/mol. The first kappa shape index (κ1) is 16.1. The van der Waals surface area contributed by atoms with Crippen LogP contribution in [0.4, 0.5) is 0 Å². The van der Waals surface area contributed by atoms with Gasteiger partial charge in [0.1, 0.15) is 6.04 Å². The van der Waals surface area contributed by atoms with Crippen LogP contribution in [0.15, 0.2) is 47.0 Å². The van der Waals surface area contributed by atoms with Gasteiger partial charge >= 0.3 is 0 Å². The van der Waals surface area contributed by atoms with Crippen molar-refractivity contribution in [2.24, 2.45) is 5.92 Å². The molecule has 1 aliphatic heterocycles. The minimum Gasteiger partial charge on any atom is -0.337 e. The van der Waals surface area contributed by atoms with Gasteiger partial charge in [-0.15, -0.1) is 0 Å². The van der Waals surface area contributed by atoms with Crippen LogP contribution in [-0.2, 0) is 4.79 Å². The van der Waals surface area contributed by atoms with E-state index in [-0.39, 0.29) is 11.9 Å². The number of carbonyl (C=O) groups excluding carboxylic acids is 1. The van der Waals surface area contributed by atoms with E-state index in [4.69, 9.17) is 4.52 Å². The highest BCUT2D eigenvalue weighted by atomic mass is 16.5. The zero-order chi connectivity index (χ0) is 17.1. The molecule has 0 saturated carbocycles. The maximum atomic E-state index is 12.8. The van der Waals surface area contributed by atoms with Crippen LogP contribution in [-0.4, -0.2) is 27.5 Å². The Balaban J connectivity index is 1.52. The number of hydrogen-bond donors (Lipinski definition) is 0. The number of hydrogen-bond acceptors (Lipinski definition) is 4. The second-order valence-electron chi connectivity index (χ2n) is 6.89. The maximum absolute atomic E-state index is 12.8. The summed E-state index contributed by atoms with van der Waals surface area (Å²) in [6.45, 7) is 0.781. The van der Waals surface area contributed by atoms with Gasteiger partial charge in [-0.05, 0) is 38.0 Å². The highest BCUT2D eigenvalue weighted by molar-refractivity contribution is 5.77. The molecule has 0 spiro atoms. The Morgan fingerprint density at radius 3 is 2.88 bits per heavy atom. The van der Waals surface area contributed by atoms with Crippen molar-refractivity contribution in [1.82, 2.24) is 15.0 Å². The van der Waals surface area contributed by atoms with E-state index in [1.165, 1.54) is 0 Å². The van der Waals surface area contributed by atoms with Crippen molar-refractivity contribution in [1.29, 1.82) is 0 Å². The summed E-state index contributed by atoms with van der Waals surface area (Å²) in [6.07, 6.45) is 10.1. The van der Waals surface area contributed by atoms with Crippen LogP contribution in [0.25, 0.3) is 11.4 Å². The number of benzene rings is 1. The minimum absolute atomic E-state index is 0.0865. The average Bonchev–Trinajstić information content (AvgIpc) is 3.34. The summed E-state index contributed by atoms with van der Waals surface area (Å²) in [5.74, 6) is 1.75. The number of nitrogens with zero attached hydrogens (tertiary/aromatic N) is 3. The van der Waals surface area contributed by atoms with E-state index < -0.39 is 0 Å². The highest BCUT2D eigenvalue weighted by Crippen LogP contribution is 2.33. The quantitative estimate of drug-likeness (QED) is 0.787. The Kier molecular flexibility index (Phi) is 4.63. The molecule has 0 radical (unpaired) electrons. The fourth-order valence-corrected chi connectivity index (χ4v) is 3.77. The third-order valence-corrected chi connectivity index (χ3v) is 5.13. The molecule has 0 bridgehead atoms. The molecule has 4 rings (SSSR count). The number of likely N-dealkylation sites (tertiary alicyclic amines) is 1. The standard InChI is InChI=1S/C20H23N3O2/c24-18(14-15-8-4-5-9-15)23-13-7-6-12-17(23)20-21-19(22-25-20)16-10-2-1-3-11-16/h1-4,8,10-11,15,17H,5-7,9,12-14H2/t15-,17-/m1/s1. The molecule has 1 fully saturated rings. The number of piperidine rings is 1. The summed E-state index contributed by atoms with van der Waals surface area (Å²) in [6, 6.07) is 9.71. The molecule has 1 aromatic carbocycles. The Hall–Kier alpha value is -2.43. The fourth-order valence-electron chi connectivity index (χ4n) is 3.77. The molecule has 2 aromatic rings. The van der Waals surface area contributed by atoms with E-state index in [1.54, 1.807) is 0 Å². The molecule has 5 heteroatoms. The minimum atomic E-state index is -0.0865. The number of rotatable bonds is 4. The summed E-state index contributed by atoms with van der Waals surface area (Å²) in [7, 11) is 0. The fraction of sp³-hybridized carbons (Fsp3) is 0.450. The van der Waals surface area contributed by atoms with Gasteiger partial charge in [-0.2, -0.15) is 4.98 Å². The lowest BCUT2D eigenvalue weighted by molar-refractivity contribution is -0.136. The van der Waals surface area contributed by atoms with Crippen molar-refractivity contribution >= 4 is 5.91 Å². The first-order valence-electron chi connectivity index (χ1n) is 9.16. The molecule has 2 aliphatic rings. The molecule has 0 unspecified atom stereocenters. The third-order valence-electron chi connectivity index (χ3n) is 5.13. The number of aromatic nitrogens is 2. The smallest absolute Gasteiger partial charge is 0.249 e. The Morgan fingerprint density at radius 2 is 2.08 bits per heavy atom. The van der Waals surface area contributed by atoms with Gasteiger partial charge in [-0.3, -0.25) is 4.79 Å². The normalized spacial score (nSPS) is 23.1. The van der Waals surface area contributed by atoms with Crippen LogP contribution in [0, 0.1) is 5.92 Å². The Morgan fingerprint density at radius 1 is 1.20 bits per heavy atom. The van der Waals surface area contributed by atoms with Crippen molar-refractivity contribution in [3.63, 3.8) is 0 Å². The molecule has 1 saturated heterocycles. The lowest BCUT2D eigenvalue weighted by atomic mass is 9.98. The van der Waals surface area contributed by atoms with Crippen LogP contribution in [0.1, 0.15) is 50.5 Å². The van der Waals surface area contributed by atoms with E-state index in [2.05, 4.69) is 22.3 Å². The van der Waals surface area contributed by atoms with Crippen LogP contribution < -0.4 is 0 Å². The van der Waals surface area contributed by atoms with Gasteiger partial charge in [0, 0.05) is 18.5 Å². The zero-order valence-electron chi connectivity index (χ0n) is 14.3. The molecule has 1 aromatic heterocycles. The summed E-state index contributed by atoms with van der Waals surface area (Å²) in [4.78, 5) is 19.4. The lowest BCUT2D eigenvalue weighted by Gasteiger charge is -2.34. The second-order valence-corrected chi connectivity index (χ2v) is 6.89. The molecular weight excluding hydrogens is 314 g/mol. The van der Waals surface area contributed by atoms with Crippen LogP contribution in [0.2, 0.25) is 0 Å². The third kappa shape index (κ3) is 3.50. The van der Waals surface area contributed by atoms with E-state index >= 15 is 0 Å². The van der Waals surface area contributed by atoms with Gasteiger partial charge in [-0.25, -0.2) is 0 Å². The SMILES string of the molecule is O=C(C[C@@H]1C=CCC1)N1CCCC[C@@H]1c1nc(-c2ccccc2)no1. The maximum Gasteiger partial charge on any atom is 0.249 e. The number of amides is 1. The zero-order valence-corrected chi connectivity index (χ0v) is 14.3. The number of allylic oxidation sites excluding steroid dienone is 2.